The van der Waals surface area contributed by atoms with Crippen LogP contribution in [-0.4, -0.2) is 40.3 Å². The molecule has 0 aliphatic heterocycles. The van der Waals surface area contributed by atoms with Crippen LogP contribution in [0.3, 0.4) is 0 Å². The van der Waals surface area contributed by atoms with Gasteiger partial charge in [-0.1, -0.05) is 30.3 Å². The van der Waals surface area contributed by atoms with Gasteiger partial charge in [-0.05, 0) is 53.8 Å². The van der Waals surface area contributed by atoms with Crippen molar-refractivity contribution in [2.24, 2.45) is 0 Å². The lowest BCUT2D eigenvalue weighted by molar-refractivity contribution is -0.159. The number of carboxylic acids is 2. The number of benzene rings is 2. The minimum absolute atomic E-state index is 0.609. The van der Waals surface area contributed by atoms with Gasteiger partial charge in [0.1, 0.15) is 17.0 Å². The summed E-state index contributed by atoms with van der Waals surface area (Å²) in [4.78, 5) is 22.8. The van der Waals surface area contributed by atoms with E-state index in [4.69, 9.17) is 29.3 Å². The number of rotatable bonds is 6. The molecule has 1 heterocycles. The number of hydrogen-bond donors (Lipinski definition) is 2. The molecule has 8 heteroatoms. The summed E-state index contributed by atoms with van der Waals surface area (Å²) in [5.74, 6) is -1.89. The van der Waals surface area contributed by atoms with E-state index in [2.05, 4.69) is 39.7 Å². The van der Waals surface area contributed by atoms with Crippen molar-refractivity contribution < 1.29 is 29.3 Å². The zero-order chi connectivity index (χ0) is 21.2. The van der Waals surface area contributed by atoms with Crippen molar-refractivity contribution in [3.63, 3.8) is 0 Å². The average Bonchev–Trinajstić information content (AvgIpc) is 2.69. The van der Waals surface area contributed by atoms with Crippen LogP contribution < -0.4 is 9.47 Å². The van der Waals surface area contributed by atoms with Crippen LogP contribution in [0.4, 0.5) is 0 Å². The van der Waals surface area contributed by atoms with Crippen molar-refractivity contribution in [2.75, 3.05) is 13.2 Å². The maximum Gasteiger partial charge on any atom is 0.414 e. The Morgan fingerprint density at radius 2 is 1.52 bits per heavy atom. The number of pyridine rings is 1. The summed E-state index contributed by atoms with van der Waals surface area (Å²) in [5.41, 5.74) is 1.92. The van der Waals surface area contributed by atoms with Gasteiger partial charge < -0.3 is 19.7 Å². The van der Waals surface area contributed by atoms with Crippen molar-refractivity contribution >= 4 is 45.4 Å². The highest BCUT2D eigenvalue weighted by Gasteiger charge is 2.05. The van der Waals surface area contributed by atoms with Gasteiger partial charge in [-0.3, -0.25) is 0 Å². The second kappa shape index (κ2) is 11.2. The summed E-state index contributed by atoms with van der Waals surface area (Å²) in [7, 11) is 0. The number of fused-ring (bicyclic) bond motifs is 1. The molecule has 0 amide bonds. The first-order valence-electron chi connectivity index (χ1n) is 8.71. The van der Waals surface area contributed by atoms with Crippen molar-refractivity contribution in [3.8, 4) is 11.5 Å². The third-order valence-electron chi connectivity index (χ3n) is 3.65. The summed E-state index contributed by atoms with van der Waals surface area (Å²) < 4.78 is 12.8. The molecule has 0 saturated heterocycles. The highest BCUT2D eigenvalue weighted by Crippen LogP contribution is 2.24. The Hall–Kier alpha value is -2.88. The minimum Gasteiger partial charge on any atom is -0.492 e. The molecule has 0 fully saturated rings. The Kier molecular flexibility index (Phi) is 8.66. The van der Waals surface area contributed by atoms with Crippen LogP contribution in [0.5, 0.6) is 11.5 Å². The molecule has 0 saturated carbocycles. The summed E-state index contributed by atoms with van der Waals surface area (Å²) in [6.45, 7) is 3.24. The third-order valence-corrected chi connectivity index (χ3v) is 4.54. The van der Waals surface area contributed by atoms with Crippen molar-refractivity contribution in [1.82, 2.24) is 4.98 Å². The van der Waals surface area contributed by atoms with Crippen molar-refractivity contribution in [1.29, 1.82) is 0 Å². The summed E-state index contributed by atoms with van der Waals surface area (Å²) >= 11 is 2.28. The zero-order valence-electron chi connectivity index (χ0n) is 15.7. The lowest BCUT2D eigenvalue weighted by atomic mass is 10.2. The van der Waals surface area contributed by atoms with Gasteiger partial charge in [-0.15, -0.1) is 0 Å². The van der Waals surface area contributed by atoms with Crippen LogP contribution >= 0.6 is 22.6 Å². The van der Waals surface area contributed by atoms with Gasteiger partial charge in [0, 0.05) is 17.5 Å². The number of halogens is 1. The van der Waals surface area contributed by atoms with Crippen molar-refractivity contribution in [3.05, 3.63) is 63.9 Å². The average molecular weight is 509 g/mol. The number of carbonyl (C=O) groups is 2. The van der Waals surface area contributed by atoms with Crippen LogP contribution in [0.2, 0.25) is 0 Å². The number of ether oxygens (including phenoxy) is 2. The molecule has 29 heavy (non-hydrogen) atoms. The van der Waals surface area contributed by atoms with Gasteiger partial charge in [-0.2, -0.15) is 0 Å². The first kappa shape index (κ1) is 22.4. The predicted octanol–water partition coefficient (Wildman–Crippen LogP) is 4.15. The molecule has 1 aromatic heterocycles. The molecule has 0 atom stereocenters. The Balaban J connectivity index is 0.000000438. The number of para-hydroxylation sites is 2. The second-order valence-electron chi connectivity index (χ2n) is 5.87. The fourth-order valence-corrected chi connectivity index (χ4v) is 2.86. The van der Waals surface area contributed by atoms with Gasteiger partial charge in [0.15, 0.2) is 0 Å². The fraction of sp³-hybridized carbons (Fsp3) is 0.190. The van der Waals surface area contributed by atoms with Gasteiger partial charge in [0.25, 0.3) is 0 Å². The molecule has 7 nitrogen and oxygen atoms in total. The van der Waals surface area contributed by atoms with Crippen LogP contribution in [-0.2, 0) is 9.59 Å². The van der Waals surface area contributed by atoms with Gasteiger partial charge >= 0.3 is 11.9 Å². The number of aryl methyl sites for hydroxylation is 1. The monoisotopic (exact) mass is 509 g/mol. The molecule has 2 aromatic carbocycles. The van der Waals surface area contributed by atoms with E-state index < -0.39 is 11.9 Å². The van der Waals surface area contributed by atoms with E-state index in [1.165, 1.54) is 0 Å². The number of hydrogen-bond acceptors (Lipinski definition) is 5. The molecule has 0 aliphatic rings. The Morgan fingerprint density at radius 1 is 0.897 bits per heavy atom. The van der Waals surface area contributed by atoms with E-state index in [9.17, 15) is 0 Å². The summed E-state index contributed by atoms with van der Waals surface area (Å²) in [6, 6.07) is 18.1. The lowest BCUT2D eigenvalue weighted by Crippen LogP contribution is -2.09. The maximum absolute atomic E-state index is 9.10. The highest BCUT2D eigenvalue weighted by atomic mass is 127. The molecule has 0 unspecified atom stereocenters. The lowest BCUT2D eigenvalue weighted by Gasteiger charge is -2.10. The van der Waals surface area contributed by atoms with E-state index in [0.717, 1.165) is 38.1 Å². The van der Waals surface area contributed by atoms with Gasteiger partial charge in [0.05, 0.1) is 16.8 Å². The molecule has 152 valence electrons. The van der Waals surface area contributed by atoms with Crippen molar-refractivity contribution in [2.45, 2.75) is 13.3 Å². The molecule has 0 spiro atoms. The number of aromatic nitrogens is 1. The van der Waals surface area contributed by atoms with E-state index >= 15 is 0 Å². The smallest absolute Gasteiger partial charge is 0.414 e. The van der Waals surface area contributed by atoms with Crippen LogP contribution in [0, 0.1) is 10.5 Å². The molecule has 3 rings (SSSR count). The Bertz CT molecular complexity index is 980. The number of nitrogens with zero attached hydrogens (tertiary/aromatic N) is 1. The topological polar surface area (TPSA) is 106 Å². The zero-order valence-corrected chi connectivity index (χ0v) is 17.8. The van der Waals surface area contributed by atoms with Crippen LogP contribution in [0.1, 0.15) is 12.1 Å². The highest BCUT2D eigenvalue weighted by molar-refractivity contribution is 14.1. The van der Waals surface area contributed by atoms with E-state index in [-0.39, 0.29) is 0 Å². The molecule has 0 radical (unpaired) electrons. The molecular weight excluding hydrogens is 489 g/mol. The van der Waals surface area contributed by atoms with Crippen LogP contribution in [0.15, 0.2) is 54.6 Å². The van der Waals surface area contributed by atoms with E-state index in [0.29, 0.717) is 13.2 Å². The van der Waals surface area contributed by atoms with E-state index in [1.807, 2.05) is 49.4 Å². The molecular formula is C21H20INO6. The van der Waals surface area contributed by atoms with Crippen LogP contribution in [0.25, 0.3) is 10.9 Å². The number of carboxylic acid groups (broad SMARTS) is 2. The Morgan fingerprint density at radius 3 is 2.17 bits per heavy atom. The quantitative estimate of drug-likeness (QED) is 0.292. The first-order chi connectivity index (χ1) is 13.9. The number of aliphatic carboxylic acids is 2. The first-order valence-corrected chi connectivity index (χ1v) is 9.79. The van der Waals surface area contributed by atoms with Gasteiger partial charge in [0.2, 0.25) is 0 Å². The predicted molar refractivity (Wildman–Crippen MR) is 117 cm³/mol. The third kappa shape index (κ3) is 7.22. The standard InChI is InChI=1S/C19H18INO2.C2H2O4/c1-14-10-11-15-6-4-9-18(19(15)21-14)23-13-5-12-22-17-8-3-2-7-16(17)20;3-1(4)2(5)6/h2-4,6-11H,5,12-13H2,1H3;(H,3,4)(H,5,6). The fourth-order valence-electron chi connectivity index (χ4n) is 2.32. The summed E-state index contributed by atoms with van der Waals surface area (Å²) in [6.07, 6.45) is 0.827. The minimum atomic E-state index is -1.82. The van der Waals surface area contributed by atoms with Gasteiger partial charge in [-0.25, -0.2) is 14.6 Å². The molecule has 3 aromatic rings. The summed E-state index contributed by atoms with van der Waals surface area (Å²) in [5, 5.41) is 15.9. The Labute approximate surface area is 181 Å². The molecule has 2 N–H and O–H groups in total. The SMILES string of the molecule is Cc1ccc2cccc(OCCCOc3ccccc3I)c2n1.O=C(O)C(=O)O. The molecule has 0 bridgehead atoms. The molecule has 0 aliphatic carbocycles. The second-order valence-corrected chi connectivity index (χ2v) is 7.03. The normalized spacial score (nSPS) is 10.0. The largest absolute Gasteiger partial charge is 0.492 e. The van der Waals surface area contributed by atoms with E-state index in [1.54, 1.807) is 0 Å². The maximum atomic E-state index is 9.10.